The number of hydrogen-bond acceptors (Lipinski definition) is 2. The maximum Gasteiger partial charge on any atom is 0.0403 e. The average molecular weight is 244 g/mol. The Kier molecular flexibility index (Phi) is 3.29. The Morgan fingerprint density at radius 3 is 2.50 bits per heavy atom. The van der Waals surface area contributed by atoms with Crippen LogP contribution in [0.2, 0.25) is 0 Å². The van der Waals surface area contributed by atoms with Gasteiger partial charge in [-0.05, 0) is 43.7 Å². The van der Waals surface area contributed by atoms with E-state index in [9.17, 15) is 0 Å². The van der Waals surface area contributed by atoms with Gasteiger partial charge in [-0.25, -0.2) is 0 Å². The van der Waals surface area contributed by atoms with Gasteiger partial charge < -0.3 is 10.6 Å². The van der Waals surface area contributed by atoms with Crippen molar-refractivity contribution in [3.8, 4) is 0 Å². The Balaban J connectivity index is 1.91. The van der Waals surface area contributed by atoms with E-state index in [1.54, 1.807) is 0 Å². The molecule has 98 valence electrons. The summed E-state index contributed by atoms with van der Waals surface area (Å²) < 4.78 is 0. The molecule has 1 aromatic carbocycles. The summed E-state index contributed by atoms with van der Waals surface area (Å²) in [6, 6.07) is 10.8. The maximum atomic E-state index is 6.17. The second-order valence-electron chi connectivity index (χ2n) is 5.90. The number of fused-ring (bicyclic) bond motifs is 2. The highest BCUT2D eigenvalue weighted by Crippen LogP contribution is 2.40. The first kappa shape index (κ1) is 12.0. The Morgan fingerprint density at radius 1 is 1.17 bits per heavy atom. The molecule has 0 spiro atoms. The summed E-state index contributed by atoms with van der Waals surface area (Å²) >= 11 is 0. The molecule has 2 aliphatic rings. The van der Waals surface area contributed by atoms with Gasteiger partial charge in [0.05, 0.1) is 0 Å². The first-order chi connectivity index (χ1) is 8.79. The molecule has 0 aromatic heterocycles. The Labute approximate surface area is 110 Å². The van der Waals surface area contributed by atoms with Gasteiger partial charge in [0.1, 0.15) is 0 Å². The van der Waals surface area contributed by atoms with Crippen LogP contribution in [-0.4, -0.2) is 18.1 Å². The van der Waals surface area contributed by atoms with Crippen LogP contribution in [0.15, 0.2) is 24.3 Å². The monoisotopic (exact) mass is 244 g/mol. The van der Waals surface area contributed by atoms with Crippen LogP contribution in [0.4, 0.5) is 5.69 Å². The molecule has 0 saturated carbocycles. The number of anilines is 1. The number of piperidine rings is 1. The molecule has 2 bridgehead atoms. The van der Waals surface area contributed by atoms with Gasteiger partial charge in [-0.15, -0.1) is 0 Å². The van der Waals surface area contributed by atoms with Crippen molar-refractivity contribution in [3.05, 3.63) is 29.8 Å². The molecule has 2 atom stereocenters. The van der Waals surface area contributed by atoms with Gasteiger partial charge in [0.25, 0.3) is 0 Å². The molecule has 2 unspecified atom stereocenters. The SMILES string of the molecule is CCCc1ccccc1N1C2CCC1CC(N)C2. The van der Waals surface area contributed by atoms with Crippen molar-refractivity contribution < 1.29 is 0 Å². The lowest BCUT2D eigenvalue weighted by atomic mass is 9.95. The van der Waals surface area contributed by atoms with Gasteiger partial charge in [-0.2, -0.15) is 0 Å². The predicted molar refractivity (Wildman–Crippen MR) is 76.9 cm³/mol. The van der Waals surface area contributed by atoms with E-state index >= 15 is 0 Å². The van der Waals surface area contributed by atoms with Gasteiger partial charge in [-0.1, -0.05) is 31.5 Å². The predicted octanol–water partition coefficient (Wildman–Crippen LogP) is 3.10. The summed E-state index contributed by atoms with van der Waals surface area (Å²) in [5.74, 6) is 0. The first-order valence-corrected chi connectivity index (χ1v) is 7.41. The van der Waals surface area contributed by atoms with Crippen molar-refractivity contribution in [1.29, 1.82) is 0 Å². The zero-order valence-electron chi connectivity index (χ0n) is 11.3. The topological polar surface area (TPSA) is 29.3 Å². The Morgan fingerprint density at radius 2 is 1.83 bits per heavy atom. The molecule has 3 rings (SSSR count). The van der Waals surface area contributed by atoms with Crippen LogP contribution in [0.25, 0.3) is 0 Å². The standard InChI is InChI=1S/C16H24N2/c1-2-5-12-6-3-4-7-16(12)18-14-8-9-15(18)11-13(17)10-14/h3-4,6-7,13-15H,2,5,8-11,17H2,1H3. The molecule has 18 heavy (non-hydrogen) atoms. The maximum absolute atomic E-state index is 6.17. The molecule has 0 radical (unpaired) electrons. The molecular formula is C16H24N2. The minimum absolute atomic E-state index is 0.428. The normalized spacial score (nSPS) is 30.8. The minimum Gasteiger partial charge on any atom is -0.365 e. The highest BCUT2D eigenvalue weighted by atomic mass is 15.2. The molecule has 0 amide bonds. The average Bonchev–Trinajstić information content (AvgIpc) is 2.63. The highest BCUT2D eigenvalue weighted by Gasteiger charge is 2.40. The summed E-state index contributed by atoms with van der Waals surface area (Å²) in [6.07, 6.45) is 7.43. The van der Waals surface area contributed by atoms with E-state index in [4.69, 9.17) is 5.73 Å². The van der Waals surface area contributed by atoms with Gasteiger partial charge in [0.15, 0.2) is 0 Å². The summed E-state index contributed by atoms with van der Waals surface area (Å²) in [6.45, 7) is 2.26. The first-order valence-electron chi connectivity index (χ1n) is 7.41. The highest BCUT2D eigenvalue weighted by molar-refractivity contribution is 5.57. The number of aryl methyl sites for hydroxylation is 1. The smallest absolute Gasteiger partial charge is 0.0403 e. The second-order valence-corrected chi connectivity index (χ2v) is 5.90. The minimum atomic E-state index is 0.428. The fourth-order valence-electron chi connectivity index (χ4n) is 3.86. The molecule has 2 nitrogen and oxygen atoms in total. The van der Waals surface area contributed by atoms with E-state index in [2.05, 4.69) is 36.1 Å². The van der Waals surface area contributed by atoms with Crippen LogP contribution in [0.3, 0.4) is 0 Å². The lowest BCUT2D eigenvalue weighted by Crippen LogP contribution is -2.47. The molecule has 0 aliphatic carbocycles. The van der Waals surface area contributed by atoms with Crippen LogP contribution in [-0.2, 0) is 6.42 Å². The zero-order chi connectivity index (χ0) is 12.5. The van der Waals surface area contributed by atoms with Crippen molar-refractivity contribution in [2.24, 2.45) is 5.73 Å². The van der Waals surface area contributed by atoms with Crippen LogP contribution in [0.5, 0.6) is 0 Å². The van der Waals surface area contributed by atoms with Crippen molar-refractivity contribution in [2.45, 2.75) is 63.6 Å². The lowest BCUT2D eigenvalue weighted by Gasteiger charge is -2.40. The third-order valence-electron chi connectivity index (χ3n) is 4.56. The van der Waals surface area contributed by atoms with Crippen molar-refractivity contribution in [3.63, 3.8) is 0 Å². The van der Waals surface area contributed by atoms with Gasteiger partial charge in [0.2, 0.25) is 0 Å². The van der Waals surface area contributed by atoms with Gasteiger partial charge in [-0.3, -0.25) is 0 Å². The number of benzene rings is 1. The van der Waals surface area contributed by atoms with Crippen LogP contribution in [0, 0.1) is 0 Å². The van der Waals surface area contributed by atoms with Crippen LogP contribution < -0.4 is 10.6 Å². The summed E-state index contributed by atoms with van der Waals surface area (Å²) in [5, 5.41) is 0. The molecule has 2 fully saturated rings. The third kappa shape index (κ3) is 2.03. The lowest BCUT2D eigenvalue weighted by molar-refractivity contribution is 0.414. The van der Waals surface area contributed by atoms with Crippen molar-refractivity contribution in [2.75, 3.05) is 4.90 Å². The fourth-order valence-corrected chi connectivity index (χ4v) is 3.86. The number of hydrogen-bond donors (Lipinski definition) is 1. The molecule has 2 heteroatoms. The van der Waals surface area contributed by atoms with Crippen molar-refractivity contribution in [1.82, 2.24) is 0 Å². The van der Waals surface area contributed by atoms with Crippen molar-refractivity contribution >= 4 is 5.69 Å². The quantitative estimate of drug-likeness (QED) is 0.885. The van der Waals surface area contributed by atoms with Gasteiger partial charge in [0, 0.05) is 23.8 Å². The van der Waals surface area contributed by atoms with E-state index < -0.39 is 0 Å². The second kappa shape index (κ2) is 4.93. The molecule has 2 saturated heterocycles. The number of nitrogens with two attached hydrogens (primary N) is 1. The number of rotatable bonds is 3. The fraction of sp³-hybridized carbons (Fsp3) is 0.625. The molecule has 2 aliphatic heterocycles. The van der Waals surface area contributed by atoms with E-state index in [1.807, 2.05) is 0 Å². The van der Waals surface area contributed by atoms with E-state index in [0.29, 0.717) is 18.1 Å². The number of para-hydroxylation sites is 1. The summed E-state index contributed by atoms with van der Waals surface area (Å²) in [4.78, 5) is 2.69. The zero-order valence-corrected chi connectivity index (χ0v) is 11.3. The summed E-state index contributed by atoms with van der Waals surface area (Å²) in [5.41, 5.74) is 9.17. The van der Waals surface area contributed by atoms with E-state index in [0.717, 1.165) is 0 Å². The molecular weight excluding hydrogens is 220 g/mol. The van der Waals surface area contributed by atoms with Crippen LogP contribution >= 0.6 is 0 Å². The Hall–Kier alpha value is -1.02. The van der Waals surface area contributed by atoms with E-state index in [1.165, 1.54) is 49.8 Å². The van der Waals surface area contributed by atoms with Gasteiger partial charge >= 0.3 is 0 Å². The van der Waals surface area contributed by atoms with Crippen LogP contribution in [0.1, 0.15) is 44.6 Å². The summed E-state index contributed by atoms with van der Waals surface area (Å²) in [7, 11) is 0. The number of nitrogens with zero attached hydrogens (tertiary/aromatic N) is 1. The van der Waals surface area contributed by atoms with E-state index in [-0.39, 0.29) is 0 Å². The molecule has 1 aromatic rings. The molecule has 2 N–H and O–H groups in total. The third-order valence-corrected chi connectivity index (χ3v) is 4.56. The Bertz CT molecular complexity index is 401. The molecule has 2 heterocycles. The largest absolute Gasteiger partial charge is 0.365 e.